The van der Waals surface area contributed by atoms with Crippen molar-refractivity contribution in [3.8, 4) is 11.8 Å². The van der Waals surface area contributed by atoms with Crippen LogP contribution in [-0.4, -0.2) is 12.0 Å². The van der Waals surface area contributed by atoms with E-state index in [1.807, 2.05) is 38.1 Å². The van der Waals surface area contributed by atoms with Gasteiger partial charge in [0.15, 0.2) is 0 Å². The van der Waals surface area contributed by atoms with E-state index in [-0.39, 0.29) is 12.0 Å². The highest BCUT2D eigenvalue weighted by Gasteiger charge is 2.42. The molecule has 1 aliphatic rings. The van der Waals surface area contributed by atoms with Crippen LogP contribution in [0, 0.1) is 11.3 Å². The molecule has 3 rings (SSSR count). The van der Waals surface area contributed by atoms with Crippen molar-refractivity contribution in [2.24, 2.45) is 0 Å². The van der Waals surface area contributed by atoms with Gasteiger partial charge >= 0.3 is 0 Å². The predicted octanol–water partition coefficient (Wildman–Crippen LogP) is 5.45. The molecule has 1 N–H and O–H groups in total. The fraction of sp³-hybridized carbons (Fsp3) is 0.364. The number of halogens is 1. The molecule has 0 spiro atoms. The van der Waals surface area contributed by atoms with Crippen LogP contribution in [0.3, 0.4) is 0 Å². The number of anilines is 1. The molecule has 0 bridgehead atoms. The average Bonchev–Trinajstić information content (AvgIpc) is 3.14. The summed E-state index contributed by atoms with van der Waals surface area (Å²) in [6, 6.07) is 14.9. The Balaban J connectivity index is 1.86. The van der Waals surface area contributed by atoms with Crippen LogP contribution >= 0.6 is 11.6 Å². The molecule has 1 amide bonds. The minimum Gasteiger partial charge on any atom is -0.490 e. The lowest BCUT2D eigenvalue weighted by atomic mass is 9.78. The van der Waals surface area contributed by atoms with E-state index in [0.717, 1.165) is 31.2 Å². The Morgan fingerprint density at radius 2 is 1.85 bits per heavy atom. The Bertz CT molecular complexity index is 863. The van der Waals surface area contributed by atoms with Crippen molar-refractivity contribution in [3.63, 3.8) is 0 Å². The van der Waals surface area contributed by atoms with Gasteiger partial charge in [-0.15, -0.1) is 0 Å². The van der Waals surface area contributed by atoms with E-state index >= 15 is 0 Å². The van der Waals surface area contributed by atoms with Gasteiger partial charge in [0.25, 0.3) is 0 Å². The van der Waals surface area contributed by atoms with Gasteiger partial charge in [0, 0.05) is 10.7 Å². The largest absolute Gasteiger partial charge is 0.490 e. The number of nitriles is 1. The number of nitrogens with zero attached hydrogens (tertiary/aromatic N) is 1. The van der Waals surface area contributed by atoms with Crippen LogP contribution < -0.4 is 10.1 Å². The summed E-state index contributed by atoms with van der Waals surface area (Å²) in [6.07, 6.45) is 3.62. The highest BCUT2D eigenvalue weighted by atomic mass is 35.5. The molecule has 0 heterocycles. The van der Waals surface area contributed by atoms with Gasteiger partial charge in [-0.05, 0) is 62.6 Å². The summed E-state index contributed by atoms with van der Waals surface area (Å²) < 4.78 is 5.65. The number of hydrogen-bond acceptors (Lipinski definition) is 3. The fourth-order valence-electron chi connectivity index (χ4n) is 3.70. The second kappa shape index (κ2) is 8.02. The summed E-state index contributed by atoms with van der Waals surface area (Å²) in [5, 5.41) is 13.1. The Hall–Kier alpha value is -2.51. The number of carbonyl (C=O) groups is 1. The molecular weight excluding hydrogens is 360 g/mol. The van der Waals surface area contributed by atoms with Gasteiger partial charge in [-0.2, -0.15) is 5.26 Å². The maximum Gasteiger partial charge on any atom is 0.235 e. The molecule has 1 saturated carbocycles. The zero-order valence-electron chi connectivity index (χ0n) is 15.6. The first-order valence-electron chi connectivity index (χ1n) is 9.23. The zero-order valence-corrected chi connectivity index (χ0v) is 16.3. The number of carbonyl (C=O) groups excluding carboxylic acids is 1. The molecule has 0 radical (unpaired) electrons. The van der Waals surface area contributed by atoms with Crippen molar-refractivity contribution in [2.45, 2.75) is 51.0 Å². The molecule has 0 aliphatic heterocycles. The lowest BCUT2D eigenvalue weighted by Crippen LogP contribution is -2.38. The molecule has 27 heavy (non-hydrogen) atoms. The Morgan fingerprint density at radius 3 is 2.44 bits per heavy atom. The first-order chi connectivity index (χ1) is 12.9. The molecule has 2 aromatic rings. The molecule has 0 atom stereocenters. The highest BCUT2D eigenvalue weighted by Crippen LogP contribution is 2.42. The second-order valence-corrected chi connectivity index (χ2v) is 7.68. The molecule has 5 heteroatoms. The second-order valence-electron chi connectivity index (χ2n) is 7.24. The van der Waals surface area contributed by atoms with E-state index < -0.39 is 5.41 Å². The summed E-state index contributed by atoms with van der Waals surface area (Å²) in [4.78, 5) is 13.2. The first-order valence-corrected chi connectivity index (χ1v) is 9.61. The van der Waals surface area contributed by atoms with Crippen molar-refractivity contribution in [1.82, 2.24) is 0 Å². The smallest absolute Gasteiger partial charge is 0.235 e. The van der Waals surface area contributed by atoms with Gasteiger partial charge in [-0.3, -0.25) is 4.79 Å². The fourth-order valence-corrected chi connectivity index (χ4v) is 3.82. The molecule has 0 unspecified atom stereocenters. The number of benzene rings is 2. The van der Waals surface area contributed by atoms with Gasteiger partial charge < -0.3 is 10.1 Å². The van der Waals surface area contributed by atoms with E-state index in [9.17, 15) is 10.1 Å². The third-order valence-electron chi connectivity index (χ3n) is 5.01. The SMILES string of the molecule is CC(C)Oc1ccc(NC(=O)C2(c3ccc(Cl)cc3)CCCC2)cc1C#N. The van der Waals surface area contributed by atoms with E-state index in [1.165, 1.54) is 0 Å². The summed E-state index contributed by atoms with van der Waals surface area (Å²) in [6.45, 7) is 3.82. The lowest BCUT2D eigenvalue weighted by molar-refractivity contribution is -0.121. The number of amides is 1. The van der Waals surface area contributed by atoms with Crippen LogP contribution in [0.15, 0.2) is 42.5 Å². The van der Waals surface area contributed by atoms with Crippen LogP contribution in [0.25, 0.3) is 0 Å². The van der Waals surface area contributed by atoms with Crippen LogP contribution in [-0.2, 0) is 10.2 Å². The molecule has 1 fully saturated rings. The van der Waals surface area contributed by atoms with E-state index in [2.05, 4.69) is 11.4 Å². The maximum absolute atomic E-state index is 13.2. The maximum atomic E-state index is 13.2. The van der Waals surface area contributed by atoms with Crippen molar-refractivity contribution >= 4 is 23.2 Å². The van der Waals surface area contributed by atoms with Gasteiger partial charge in [0.1, 0.15) is 11.8 Å². The van der Waals surface area contributed by atoms with Crippen molar-refractivity contribution in [2.75, 3.05) is 5.32 Å². The van der Waals surface area contributed by atoms with E-state index in [1.54, 1.807) is 18.2 Å². The summed E-state index contributed by atoms with van der Waals surface area (Å²) in [5.41, 5.74) is 1.45. The van der Waals surface area contributed by atoms with Crippen LogP contribution in [0.5, 0.6) is 5.75 Å². The minimum atomic E-state index is -0.551. The molecule has 0 aromatic heterocycles. The normalized spacial score (nSPS) is 15.4. The van der Waals surface area contributed by atoms with Crippen LogP contribution in [0.2, 0.25) is 5.02 Å². The number of hydrogen-bond donors (Lipinski definition) is 1. The number of rotatable bonds is 5. The molecule has 2 aromatic carbocycles. The van der Waals surface area contributed by atoms with Crippen molar-refractivity contribution < 1.29 is 9.53 Å². The number of ether oxygens (including phenoxy) is 1. The monoisotopic (exact) mass is 382 g/mol. The Labute approximate surface area is 165 Å². The highest BCUT2D eigenvalue weighted by molar-refractivity contribution is 6.30. The van der Waals surface area contributed by atoms with Crippen molar-refractivity contribution in [1.29, 1.82) is 5.26 Å². The molecular formula is C22H23ClN2O2. The summed E-state index contributed by atoms with van der Waals surface area (Å²) in [7, 11) is 0. The summed E-state index contributed by atoms with van der Waals surface area (Å²) in [5.74, 6) is 0.488. The first kappa shape index (κ1) is 19.3. The average molecular weight is 383 g/mol. The van der Waals surface area contributed by atoms with Gasteiger partial charge in [-0.1, -0.05) is 36.6 Å². The molecule has 4 nitrogen and oxygen atoms in total. The third-order valence-corrected chi connectivity index (χ3v) is 5.26. The molecule has 1 aliphatic carbocycles. The topological polar surface area (TPSA) is 62.1 Å². The van der Waals surface area contributed by atoms with Crippen LogP contribution in [0.4, 0.5) is 5.69 Å². The predicted molar refractivity (Wildman–Crippen MR) is 107 cm³/mol. The lowest BCUT2D eigenvalue weighted by Gasteiger charge is -2.28. The van der Waals surface area contributed by atoms with Gasteiger partial charge in [0.05, 0.1) is 17.1 Å². The Morgan fingerprint density at radius 1 is 1.19 bits per heavy atom. The minimum absolute atomic E-state index is 0.0239. The third kappa shape index (κ3) is 4.09. The van der Waals surface area contributed by atoms with Gasteiger partial charge in [-0.25, -0.2) is 0 Å². The van der Waals surface area contributed by atoms with Crippen LogP contribution in [0.1, 0.15) is 50.7 Å². The molecule has 0 saturated heterocycles. The van der Waals surface area contributed by atoms with Crippen molar-refractivity contribution in [3.05, 3.63) is 58.6 Å². The van der Waals surface area contributed by atoms with E-state index in [0.29, 0.717) is 22.0 Å². The summed E-state index contributed by atoms with van der Waals surface area (Å²) >= 11 is 6.01. The van der Waals surface area contributed by atoms with E-state index in [4.69, 9.17) is 16.3 Å². The standard InChI is InChI=1S/C22H23ClN2O2/c1-15(2)27-20-10-9-19(13-16(20)14-24)25-21(26)22(11-3-4-12-22)17-5-7-18(23)8-6-17/h5-10,13,15H,3-4,11-12H2,1-2H3,(H,25,26). The zero-order chi connectivity index (χ0) is 19.4. The number of nitrogens with one attached hydrogen (secondary N) is 1. The van der Waals surface area contributed by atoms with Gasteiger partial charge in [0.2, 0.25) is 5.91 Å². The molecule has 140 valence electrons. The Kier molecular flexibility index (Phi) is 5.72. The quantitative estimate of drug-likeness (QED) is 0.747.